The summed E-state index contributed by atoms with van der Waals surface area (Å²) >= 11 is 6.00. The molecular weight excluding hydrogens is 505 g/mol. The zero-order chi connectivity index (χ0) is 25.3. The zero-order valence-electron chi connectivity index (χ0n) is 18.1. The lowest BCUT2D eigenvalue weighted by molar-refractivity contribution is -0.242. The number of sulfonamides is 1. The Hall–Kier alpha value is -2.13. The fraction of sp³-hybridized carbons (Fsp3) is 0.579. The molecule has 2 aliphatic rings. The van der Waals surface area contributed by atoms with Crippen molar-refractivity contribution in [3.63, 3.8) is 0 Å². The standard InChI is InChI=1S/C19H24ClF3N4O6S/c1-18(30,19(21,22)23)16(28)24-15-3-2-13(12-14(15)20)34(31,32)27-6-4-25(5-7-27)17(29)26-8-10-33-11-9-26/h2-3,12,30H,4-11H2,1H3,(H,24,28). The highest BCUT2D eigenvalue weighted by atomic mass is 35.5. The van der Waals surface area contributed by atoms with Crippen molar-refractivity contribution in [2.45, 2.75) is 23.6 Å². The molecule has 0 spiro atoms. The van der Waals surface area contributed by atoms with E-state index in [9.17, 15) is 36.3 Å². The maximum atomic E-state index is 13.0. The predicted octanol–water partition coefficient (Wildman–Crippen LogP) is 1.35. The molecule has 0 aromatic heterocycles. The van der Waals surface area contributed by atoms with Crippen LogP contribution in [0.2, 0.25) is 5.02 Å². The number of carbonyl (C=O) groups excluding carboxylic acids is 2. The van der Waals surface area contributed by atoms with Crippen molar-refractivity contribution in [1.29, 1.82) is 0 Å². The molecule has 2 fully saturated rings. The Morgan fingerprint density at radius 2 is 1.62 bits per heavy atom. The van der Waals surface area contributed by atoms with E-state index in [4.69, 9.17) is 16.3 Å². The summed E-state index contributed by atoms with van der Waals surface area (Å²) in [7, 11) is -4.02. The van der Waals surface area contributed by atoms with Gasteiger partial charge in [-0.3, -0.25) is 4.79 Å². The third kappa shape index (κ3) is 5.40. The highest BCUT2D eigenvalue weighted by Gasteiger charge is 2.55. The van der Waals surface area contributed by atoms with Gasteiger partial charge in [0.2, 0.25) is 15.6 Å². The minimum absolute atomic E-state index is 0.0446. The molecule has 190 valence electrons. The van der Waals surface area contributed by atoms with Crippen LogP contribution in [0.4, 0.5) is 23.7 Å². The number of halogens is 4. The summed E-state index contributed by atoms with van der Waals surface area (Å²) in [6.45, 7) is 2.59. The monoisotopic (exact) mass is 528 g/mol. The maximum Gasteiger partial charge on any atom is 0.426 e. The second-order valence-electron chi connectivity index (χ2n) is 7.94. The highest BCUT2D eigenvalue weighted by Crippen LogP contribution is 2.33. The SMILES string of the molecule is CC(O)(C(=O)Nc1ccc(S(=O)(=O)N2CCN(C(=O)N3CCOCC3)CC2)cc1Cl)C(F)(F)F. The Morgan fingerprint density at radius 1 is 1.06 bits per heavy atom. The number of hydrogen-bond acceptors (Lipinski definition) is 6. The fourth-order valence-electron chi connectivity index (χ4n) is 3.35. The van der Waals surface area contributed by atoms with Gasteiger partial charge in [-0.15, -0.1) is 0 Å². The Labute approximate surface area is 199 Å². The molecule has 3 amide bonds. The van der Waals surface area contributed by atoms with Gasteiger partial charge in [0, 0.05) is 39.3 Å². The minimum Gasteiger partial charge on any atom is -0.378 e. The normalized spacial score (nSPS) is 20.1. The van der Waals surface area contributed by atoms with Crippen LogP contribution in [0, 0.1) is 0 Å². The molecule has 0 radical (unpaired) electrons. The van der Waals surface area contributed by atoms with Gasteiger partial charge >= 0.3 is 12.2 Å². The number of carbonyl (C=O) groups is 2. The minimum atomic E-state index is -5.22. The predicted molar refractivity (Wildman–Crippen MR) is 115 cm³/mol. The van der Waals surface area contributed by atoms with Crippen LogP contribution in [0.1, 0.15) is 6.92 Å². The molecule has 34 heavy (non-hydrogen) atoms. The van der Waals surface area contributed by atoms with Crippen molar-refractivity contribution < 1.29 is 41.0 Å². The molecule has 1 unspecified atom stereocenters. The molecule has 2 saturated heterocycles. The number of urea groups is 1. The number of nitrogens with one attached hydrogen (secondary N) is 1. The lowest BCUT2D eigenvalue weighted by Gasteiger charge is -2.38. The third-order valence-corrected chi connectivity index (χ3v) is 7.82. The van der Waals surface area contributed by atoms with E-state index in [1.54, 1.807) is 9.80 Å². The molecular formula is C19H24ClF3N4O6S. The number of nitrogens with zero attached hydrogens (tertiary/aromatic N) is 3. The number of alkyl halides is 3. The maximum absolute atomic E-state index is 13.0. The fourth-order valence-corrected chi connectivity index (χ4v) is 5.10. The van der Waals surface area contributed by atoms with E-state index in [-0.39, 0.29) is 47.8 Å². The van der Waals surface area contributed by atoms with Crippen molar-refractivity contribution in [3.8, 4) is 0 Å². The number of hydrogen-bond donors (Lipinski definition) is 2. The summed E-state index contributed by atoms with van der Waals surface area (Å²) in [5.41, 5.74) is -3.96. The third-order valence-electron chi connectivity index (χ3n) is 5.61. The Bertz CT molecular complexity index is 1040. The van der Waals surface area contributed by atoms with Gasteiger partial charge in [-0.05, 0) is 25.1 Å². The van der Waals surface area contributed by atoms with Gasteiger partial charge in [-0.1, -0.05) is 11.6 Å². The van der Waals surface area contributed by atoms with E-state index < -0.39 is 27.7 Å². The first-order valence-electron chi connectivity index (χ1n) is 10.3. The number of ether oxygens (including phenoxy) is 1. The second-order valence-corrected chi connectivity index (χ2v) is 10.3. The van der Waals surface area contributed by atoms with E-state index in [1.807, 2.05) is 5.32 Å². The first-order valence-corrected chi connectivity index (χ1v) is 12.1. The molecule has 1 atom stereocenters. The summed E-state index contributed by atoms with van der Waals surface area (Å²) < 4.78 is 70.9. The van der Waals surface area contributed by atoms with Gasteiger partial charge < -0.3 is 25.0 Å². The van der Waals surface area contributed by atoms with E-state index >= 15 is 0 Å². The first kappa shape index (κ1) is 26.5. The van der Waals surface area contributed by atoms with Crippen LogP contribution in [0.25, 0.3) is 0 Å². The van der Waals surface area contributed by atoms with E-state index in [1.165, 1.54) is 4.31 Å². The largest absolute Gasteiger partial charge is 0.426 e. The van der Waals surface area contributed by atoms with Crippen LogP contribution in [0.15, 0.2) is 23.1 Å². The molecule has 0 saturated carbocycles. The number of aliphatic hydroxyl groups is 1. The molecule has 2 heterocycles. The van der Waals surface area contributed by atoms with Crippen molar-refractivity contribution in [2.24, 2.45) is 0 Å². The molecule has 1 aromatic rings. The summed E-state index contributed by atoms with van der Waals surface area (Å²) in [6, 6.07) is 2.95. The Morgan fingerprint density at radius 3 is 2.15 bits per heavy atom. The van der Waals surface area contributed by atoms with Crippen molar-refractivity contribution >= 4 is 39.2 Å². The number of piperazine rings is 1. The number of amides is 3. The van der Waals surface area contributed by atoms with Crippen LogP contribution in [-0.4, -0.2) is 104 Å². The number of benzene rings is 1. The number of anilines is 1. The zero-order valence-corrected chi connectivity index (χ0v) is 19.7. The summed E-state index contributed by atoms with van der Waals surface area (Å²) in [5.74, 6) is -1.77. The van der Waals surface area contributed by atoms with E-state index in [0.717, 1.165) is 18.2 Å². The smallest absolute Gasteiger partial charge is 0.378 e. The lowest BCUT2D eigenvalue weighted by atomic mass is 10.1. The molecule has 15 heteroatoms. The molecule has 0 bridgehead atoms. The van der Waals surface area contributed by atoms with Gasteiger partial charge in [0.05, 0.1) is 28.8 Å². The summed E-state index contributed by atoms with van der Waals surface area (Å²) in [6.07, 6.45) is -5.22. The van der Waals surface area contributed by atoms with Crippen molar-refractivity contribution in [2.75, 3.05) is 57.8 Å². The van der Waals surface area contributed by atoms with Gasteiger partial charge in [0.1, 0.15) is 0 Å². The molecule has 2 N–H and O–H groups in total. The van der Waals surface area contributed by atoms with Gasteiger partial charge in [0.15, 0.2) is 0 Å². The summed E-state index contributed by atoms with van der Waals surface area (Å²) in [5, 5.41) is 11.0. The van der Waals surface area contributed by atoms with E-state index in [0.29, 0.717) is 33.2 Å². The number of morpholine rings is 1. The topological polar surface area (TPSA) is 119 Å². The number of rotatable bonds is 4. The average molecular weight is 529 g/mol. The molecule has 10 nitrogen and oxygen atoms in total. The van der Waals surface area contributed by atoms with Crippen LogP contribution < -0.4 is 5.32 Å². The Kier molecular flexibility index (Phi) is 7.67. The Balaban J connectivity index is 1.66. The van der Waals surface area contributed by atoms with Crippen molar-refractivity contribution in [1.82, 2.24) is 14.1 Å². The quantitative estimate of drug-likeness (QED) is 0.609. The van der Waals surface area contributed by atoms with Gasteiger partial charge in [-0.25, -0.2) is 13.2 Å². The molecule has 3 rings (SSSR count). The van der Waals surface area contributed by atoms with Crippen molar-refractivity contribution in [3.05, 3.63) is 23.2 Å². The lowest BCUT2D eigenvalue weighted by Crippen LogP contribution is -2.55. The van der Waals surface area contributed by atoms with Crippen LogP contribution in [-0.2, 0) is 19.6 Å². The summed E-state index contributed by atoms with van der Waals surface area (Å²) in [4.78, 5) is 27.4. The highest BCUT2D eigenvalue weighted by molar-refractivity contribution is 7.89. The van der Waals surface area contributed by atoms with Crippen LogP contribution in [0.5, 0.6) is 0 Å². The second kappa shape index (κ2) is 9.85. The van der Waals surface area contributed by atoms with Crippen LogP contribution >= 0.6 is 11.6 Å². The van der Waals surface area contributed by atoms with Gasteiger partial charge in [-0.2, -0.15) is 17.5 Å². The first-order chi connectivity index (χ1) is 15.7. The average Bonchev–Trinajstić information content (AvgIpc) is 2.79. The molecule has 2 aliphatic heterocycles. The molecule has 0 aliphatic carbocycles. The van der Waals surface area contributed by atoms with Crippen LogP contribution in [0.3, 0.4) is 0 Å². The van der Waals surface area contributed by atoms with E-state index in [2.05, 4.69) is 0 Å². The molecule has 1 aromatic carbocycles. The van der Waals surface area contributed by atoms with Gasteiger partial charge in [0.25, 0.3) is 5.91 Å².